The number of carbonyl (C=O) groups excluding carboxylic acids is 4. The quantitative estimate of drug-likeness (QED) is 0.490. The Balaban J connectivity index is 1.56. The van der Waals surface area contributed by atoms with Crippen LogP contribution in [0.25, 0.3) is 0 Å². The van der Waals surface area contributed by atoms with Crippen molar-refractivity contribution in [3.8, 4) is 5.75 Å². The van der Waals surface area contributed by atoms with Crippen molar-refractivity contribution in [1.82, 2.24) is 25.3 Å². The Bertz CT molecular complexity index is 1270. The second kappa shape index (κ2) is 13.4. The average molecular weight is 640 g/mol. The molecule has 6 atom stereocenters. The number of para-hydroxylation sites is 1. The number of rotatable bonds is 6. The molecule has 0 bridgehead atoms. The number of ether oxygens (including phenoxy) is 2. The first-order valence-corrected chi connectivity index (χ1v) is 15.4. The number of benzene rings is 1. The predicted octanol–water partition coefficient (Wildman–Crippen LogP) is 3.38. The SMILES string of the molecule is C[C@H](N1CC[C@H]2CC[C@@H](C(=O)N[C@@H]3CCOc4ccccc43)N2C(=O)[C@@H](NC(=O)[C@H](C)N(C)C(=O)OC(C)(C)C)C1)C(F)(F)F. The van der Waals surface area contributed by atoms with Gasteiger partial charge in [0.05, 0.1) is 12.6 Å². The predicted molar refractivity (Wildman–Crippen MR) is 158 cm³/mol. The van der Waals surface area contributed by atoms with E-state index < -0.39 is 66.4 Å². The van der Waals surface area contributed by atoms with Crippen LogP contribution in [0.3, 0.4) is 0 Å². The largest absolute Gasteiger partial charge is 0.493 e. The molecule has 2 saturated heterocycles. The molecule has 1 aromatic carbocycles. The Hall–Kier alpha value is -3.55. The smallest absolute Gasteiger partial charge is 0.410 e. The summed E-state index contributed by atoms with van der Waals surface area (Å²) >= 11 is 0. The maximum absolute atomic E-state index is 14.2. The van der Waals surface area contributed by atoms with Crippen LogP contribution in [0.5, 0.6) is 5.75 Å². The van der Waals surface area contributed by atoms with E-state index in [2.05, 4.69) is 10.6 Å². The summed E-state index contributed by atoms with van der Waals surface area (Å²) in [5, 5.41) is 5.66. The van der Waals surface area contributed by atoms with Crippen molar-refractivity contribution in [3.63, 3.8) is 0 Å². The van der Waals surface area contributed by atoms with E-state index in [1.165, 1.54) is 18.9 Å². The van der Waals surface area contributed by atoms with E-state index in [1.807, 2.05) is 24.3 Å². The highest BCUT2D eigenvalue weighted by atomic mass is 19.4. The van der Waals surface area contributed by atoms with Crippen LogP contribution < -0.4 is 15.4 Å². The molecule has 0 aromatic heterocycles. The molecular weight excluding hydrogens is 595 g/mol. The van der Waals surface area contributed by atoms with Gasteiger partial charge < -0.3 is 25.0 Å². The summed E-state index contributed by atoms with van der Waals surface area (Å²) in [5.41, 5.74) is 0.00824. The zero-order valence-electron chi connectivity index (χ0n) is 26.6. The zero-order chi connectivity index (χ0) is 33.3. The fourth-order valence-electron chi connectivity index (χ4n) is 6.04. The molecule has 11 nitrogen and oxygen atoms in total. The average Bonchev–Trinajstić information content (AvgIpc) is 3.38. The Labute approximate surface area is 261 Å². The van der Waals surface area contributed by atoms with Crippen molar-refractivity contribution in [3.05, 3.63) is 29.8 Å². The van der Waals surface area contributed by atoms with Crippen LogP contribution in [0.15, 0.2) is 24.3 Å². The van der Waals surface area contributed by atoms with Gasteiger partial charge in [-0.05, 0) is 59.9 Å². The lowest BCUT2D eigenvalue weighted by Crippen LogP contribution is -2.63. The number of hydrogen-bond donors (Lipinski definition) is 2. The molecule has 45 heavy (non-hydrogen) atoms. The maximum atomic E-state index is 14.2. The Kier molecular flexibility index (Phi) is 10.2. The van der Waals surface area contributed by atoms with Gasteiger partial charge in [0.25, 0.3) is 0 Å². The van der Waals surface area contributed by atoms with E-state index in [1.54, 1.807) is 20.8 Å². The third kappa shape index (κ3) is 8.00. The van der Waals surface area contributed by atoms with E-state index in [4.69, 9.17) is 9.47 Å². The van der Waals surface area contributed by atoms with Crippen molar-refractivity contribution in [2.45, 2.75) is 108 Å². The Morgan fingerprint density at radius 1 is 1.02 bits per heavy atom. The monoisotopic (exact) mass is 639 g/mol. The van der Waals surface area contributed by atoms with Crippen LogP contribution in [0, 0.1) is 0 Å². The molecule has 4 rings (SSSR count). The van der Waals surface area contributed by atoms with Crippen molar-refractivity contribution in [2.75, 3.05) is 26.7 Å². The maximum Gasteiger partial charge on any atom is 0.410 e. The number of alkyl halides is 3. The molecule has 4 amide bonds. The second-order valence-corrected chi connectivity index (χ2v) is 13.1. The van der Waals surface area contributed by atoms with Crippen molar-refractivity contribution < 1.29 is 41.8 Å². The van der Waals surface area contributed by atoms with Gasteiger partial charge in [0.2, 0.25) is 17.7 Å². The van der Waals surface area contributed by atoms with Crippen LogP contribution in [-0.4, -0.2) is 107 Å². The van der Waals surface area contributed by atoms with Crippen LogP contribution >= 0.6 is 0 Å². The summed E-state index contributed by atoms with van der Waals surface area (Å²) in [7, 11) is 1.36. The third-order valence-corrected chi connectivity index (χ3v) is 8.78. The Morgan fingerprint density at radius 3 is 2.38 bits per heavy atom. The number of halogens is 3. The highest BCUT2D eigenvalue weighted by molar-refractivity contribution is 5.94. The minimum absolute atomic E-state index is 0.0105. The molecule has 0 unspecified atom stereocenters. The van der Waals surface area contributed by atoms with Crippen molar-refractivity contribution in [1.29, 1.82) is 0 Å². The molecule has 3 aliphatic rings. The third-order valence-electron chi connectivity index (χ3n) is 8.78. The van der Waals surface area contributed by atoms with Crippen molar-refractivity contribution >= 4 is 23.8 Å². The first kappa shape index (κ1) is 34.3. The minimum atomic E-state index is -4.56. The van der Waals surface area contributed by atoms with Crippen LogP contribution in [0.1, 0.15) is 71.9 Å². The molecule has 0 saturated carbocycles. The van der Waals surface area contributed by atoms with Gasteiger partial charge in [-0.15, -0.1) is 0 Å². The number of fused-ring (bicyclic) bond motifs is 2. The first-order valence-electron chi connectivity index (χ1n) is 15.4. The molecule has 0 spiro atoms. The van der Waals surface area contributed by atoms with Gasteiger partial charge in [0.1, 0.15) is 35.5 Å². The van der Waals surface area contributed by atoms with Gasteiger partial charge >= 0.3 is 12.3 Å². The zero-order valence-corrected chi connectivity index (χ0v) is 26.6. The number of nitrogens with one attached hydrogen (secondary N) is 2. The van der Waals surface area contributed by atoms with E-state index in [9.17, 15) is 32.3 Å². The Morgan fingerprint density at radius 2 is 1.71 bits per heavy atom. The summed E-state index contributed by atoms with van der Waals surface area (Å²) in [6, 6.07) is 1.35. The lowest BCUT2D eigenvalue weighted by molar-refractivity contribution is -0.182. The highest BCUT2D eigenvalue weighted by Gasteiger charge is 2.48. The topological polar surface area (TPSA) is 121 Å². The first-order chi connectivity index (χ1) is 21.0. The van der Waals surface area contributed by atoms with E-state index in [0.717, 1.165) is 22.3 Å². The number of nitrogens with zero attached hydrogens (tertiary/aromatic N) is 3. The number of amides is 4. The fourth-order valence-corrected chi connectivity index (χ4v) is 6.04. The minimum Gasteiger partial charge on any atom is -0.493 e. The van der Waals surface area contributed by atoms with Crippen LogP contribution in [0.4, 0.5) is 18.0 Å². The van der Waals surface area contributed by atoms with Gasteiger partial charge in [-0.2, -0.15) is 13.2 Å². The van der Waals surface area contributed by atoms with Gasteiger partial charge in [0.15, 0.2) is 0 Å². The normalized spacial score (nSPS) is 25.4. The van der Waals surface area contributed by atoms with Gasteiger partial charge in [0, 0.05) is 38.2 Å². The molecule has 0 radical (unpaired) electrons. The highest BCUT2D eigenvalue weighted by Crippen LogP contribution is 2.35. The van der Waals surface area contributed by atoms with E-state index >= 15 is 0 Å². The van der Waals surface area contributed by atoms with Gasteiger partial charge in [-0.1, -0.05) is 18.2 Å². The fraction of sp³-hybridized carbons (Fsp3) is 0.677. The van der Waals surface area contributed by atoms with Gasteiger partial charge in [-0.25, -0.2) is 4.79 Å². The number of likely N-dealkylation sites (N-methyl/N-ethyl adjacent to an activating group) is 1. The molecule has 3 heterocycles. The number of carbonyl (C=O) groups is 4. The summed E-state index contributed by atoms with van der Waals surface area (Å²) < 4.78 is 52.5. The van der Waals surface area contributed by atoms with Gasteiger partial charge in [-0.3, -0.25) is 24.2 Å². The standard InChI is InChI=1S/C31H44F3N5O6/c1-18(37(6)29(43)45-30(3,4)5)26(40)36-23-17-38(19(2)31(32,33)34)15-13-20-11-12-24(39(20)28(23)42)27(41)35-22-14-16-44-25-10-8-7-9-21(22)25/h7-10,18-20,22-24H,11-17H2,1-6H3,(H,35,41)(H,36,40)/t18-,19-,20+,22+,23-,24-/m0/s1. The van der Waals surface area contributed by atoms with Crippen LogP contribution in [-0.2, 0) is 19.1 Å². The molecule has 2 N–H and O–H groups in total. The summed E-state index contributed by atoms with van der Waals surface area (Å²) in [4.78, 5) is 57.4. The molecule has 3 aliphatic heterocycles. The summed E-state index contributed by atoms with van der Waals surface area (Å²) in [6.07, 6.45) is -3.78. The second-order valence-electron chi connectivity index (χ2n) is 13.1. The summed E-state index contributed by atoms with van der Waals surface area (Å²) in [6.45, 7) is 7.49. The molecule has 0 aliphatic carbocycles. The lowest BCUT2D eigenvalue weighted by atomic mass is 10.00. The molecule has 250 valence electrons. The molecule has 1 aromatic rings. The summed E-state index contributed by atoms with van der Waals surface area (Å²) in [5.74, 6) is -1.06. The lowest BCUT2D eigenvalue weighted by Gasteiger charge is -2.41. The van der Waals surface area contributed by atoms with Crippen molar-refractivity contribution in [2.24, 2.45) is 0 Å². The molecule has 14 heteroatoms. The molecular formula is C31H44F3N5O6. The van der Waals surface area contributed by atoms with Crippen LogP contribution in [0.2, 0.25) is 0 Å². The molecule has 2 fully saturated rings. The van der Waals surface area contributed by atoms with E-state index in [-0.39, 0.29) is 24.9 Å². The van der Waals surface area contributed by atoms with E-state index in [0.29, 0.717) is 31.6 Å². The number of hydrogen-bond acceptors (Lipinski definition) is 7.